The predicted molar refractivity (Wildman–Crippen MR) is 36.1 cm³/mol. The summed E-state index contributed by atoms with van der Waals surface area (Å²) in [5.74, 6) is -0.370. The zero-order valence-corrected chi connectivity index (χ0v) is 6.42. The highest BCUT2D eigenvalue weighted by Gasteiger charge is 2.39. The van der Waals surface area contributed by atoms with Crippen molar-refractivity contribution in [3.8, 4) is 0 Å². The third-order valence-corrected chi connectivity index (χ3v) is 2.19. The third kappa shape index (κ3) is 0.735. The van der Waals surface area contributed by atoms with E-state index in [0.29, 0.717) is 0 Å². The van der Waals surface area contributed by atoms with Crippen LogP contribution in [0.25, 0.3) is 0 Å². The van der Waals surface area contributed by atoms with Crippen molar-refractivity contribution >= 4 is 11.8 Å². The number of rotatable bonds is 0. The molecule has 0 spiro atoms. The number of hydrogen-bond donors (Lipinski definition) is 0. The summed E-state index contributed by atoms with van der Waals surface area (Å²) in [5.41, 5.74) is 0. The van der Waals surface area contributed by atoms with Crippen LogP contribution >= 0.6 is 0 Å². The van der Waals surface area contributed by atoms with Crippen LogP contribution in [-0.4, -0.2) is 23.8 Å². The van der Waals surface area contributed by atoms with Crippen LogP contribution in [0.3, 0.4) is 0 Å². The molecule has 3 heteroatoms. The van der Waals surface area contributed by atoms with Gasteiger partial charge in [-0.2, -0.15) is 0 Å². The lowest BCUT2D eigenvalue weighted by Gasteiger charge is -2.03. The van der Waals surface area contributed by atoms with Crippen LogP contribution in [0.15, 0.2) is 0 Å². The van der Waals surface area contributed by atoms with E-state index in [9.17, 15) is 9.59 Å². The minimum atomic E-state index is -0.127. The lowest BCUT2D eigenvalue weighted by molar-refractivity contribution is -0.138. The molecule has 0 bridgehead atoms. The first-order valence-corrected chi connectivity index (χ1v) is 3.37. The SMILES string of the molecule is C[C@@H]1C(=O)N(C)C(=O)[C@H]1C. The first-order chi connectivity index (χ1) is 4.55. The summed E-state index contributed by atoms with van der Waals surface area (Å²) >= 11 is 0. The van der Waals surface area contributed by atoms with Crippen LogP contribution in [0.4, 0.5) is 0 Å². The first kappa shape index (κ1) is 7.25. The van der Waals surface area contributed by atoms with Gasteiger partial charge in [-0.1, -0.05) is 13.8 Å². The van der Waals surface area contributed by atoms with Gasteiger partial charge in [-0.25, -0.2) is 0 Å². The summed E-state index contributed by atoms with van der Waals surface area (Å²) in [6.45, 7) is 3.57. The van der Waals surface area contributed by atoms with Crippen LogP contribution in [0.2, 0.25) is 0 Å². The number of nitrogens with zero attached hydrogens (tertiary/aromatic N) is 1. The maximum atomic E-state index is 11.0. The molecule has 0 radical (unpaired) electrons. The van der Waals surface area contributed by atoms with E-state index in [1.54, 1.807) is 13.8 Å². The molecule has 1 aliphatic heterocycles. The highest BCUT2D eigenvalue weighted by molar-refractivity contribution is 6.04. The van der Waals surface area contributed by atoms with Gasteiger partial charge in [-0.3, -0.25) is 14.5 Å². The normalized spacial score (nSPS) is 33.7. The van der Waals surface area contributed by atoms with Gasteiger partial charge < -0.3 is 0 Å². The first-order valence-electron chi connectivity index (χ1n) is 3.37. The van der Waals surface area contributed by atoms with Gasteiger partial charge in [0.25, 0.3) is 0 Å². The van der Waals surface area contributed by atoms with E-state index in [2.05, 4.69) is 0 Å². The number of likely N-dealkylation sites (tertiary alicyclic amines) is 1. The Bertz CT molecular complexity index is 168. The molecule has 10 heavy (non-hydrogen) atoms. The van der Waals surface area contributed by atoms with Crippen LogP contribution in [0, 0.1) is 11.8 Å². The van der Waals surface area contributed by atoms with Crippen LogP contribution < -0.4 is 0 Å². The standard InChI is InChI=1S/C7H11NO2/c1-4-5(2)7(10)8(3)6(4)9/h4-5H,1-3H3/t4-,5-/m0/s1. The van der Waals surface area contributed by atoms with Gasteiger partial charge in [0.05, 0.1) is 0 Å². The molecule has 0 aliphatic carbocycles. The van der Waals surface area contributed by atoms with Crippen molar-refractivity contribution in [3.63, 3.8) is 0 Å². The molecule has 1 saturated heterocycles. The van der Waals surface area contributed by atoms with Crippen molar-refractivity contribution in [2.45, 2.75) is 13.8 Å². The number of hydrogen-bond acceptors (Lipinski definition) is 2. The van der Waals surface area contributed by atoms with E-state index in [0.717, 1.165) is 0 Å². The molecule has 0 aromatic rings. The second-order valence-electron chi connectivity index (χ2n) is 2.81. The van der Waals surface area contributed by atoms with Crippen molar-refractivity contribution in [2.75, 3.05) is 7.05 Å². The monoisotopic (exact) mass is 141 g/mol. The fraction of sp³-hybridized carbons (Fsp3) is 0.714. The average molecular weight is 141 g/mol. The van der Waals surface area contributed by atoms with Gasteiger partial charge in [0.2, 0.25) is 11.8 Å². The number of carbonyl (C=O) groups excluding carboxylic acids is 2. The second kappa shape index (κ2) is 2.08. The molecule has 0 aromatic carbocycles. The smallest absolute Gasteiger partial charge is 0.232 e. The highest BCUT2D eigenvalue weighted by Crippen LogP contribution is 2.23. The number of imide groups is 1. The lowest BCUT2D eigenvalue weighted by Crippen LogP contribution is -2.25. The Morgan fingerprint density at radius 1 is 1.10 bits per heavy atom. The molecular formula is C7H11NO2. The molecule has 56 valence electrons. The highest BCUT2D eigenvalue weighted by atomic mass is 16.2. The molecule has 1 heterocycles. The Kier molecular flexibility index (Phi) is 1.50. The number of amides is 2. The molecule has 0 unspecified atom stereocenters. The van der Waals surface area contributed by atoms with Crippen molar-refractivity contribution < 1.29 is 9.59 Å². The molecule has 1 aliphatic rings. The average Bonchev–Trinajstić information content (AvgIpc) is 2.07. The lowest BCUT2D eigenvalue weighted by atomic mass is 10.00. The quantitative estimate of drug-likeness (QED) is 0.454. The van der Waals surface area contributed by atoms with E-state index in [1.807, 2.05) is 0 Å². The Balaban J connectivity index is 2.89. The fourth-order valence-electron chi connectivity index (χ4n) is 1.15. The van der Waals surface area contributed by atoms with Crippen molar-refractivity contribution in [1.82, 2.24) is 4.90 Å². The topological polar surface area (TPSA) is 37.4 Å². The van der Waals surface area contributed by atoms with Gasteiger partial charge in [-0.15, -0.1) is 0 Å². The minimum absolute atomic E-state index is 0.0579. The summed E-state index contributed by atoms with van der Waals surface area (Å²) in [6.07, 6.45) is 0. The van der Waals surface area contributed by atoms with Gasteiger partial charge in [0, 0.05) is 18.9 Å². The van der Waals surface area contributed by atoms with E-state index < -0.39 is 0 Å². The second-order valence-corrected chi connectivity index (χ2v) is 2.81. The molecular weight excluding hydrogens is 130 g/mol. The molecule has 0 N–H and O–H groups in total. The minimum Gasteiger partial charge on any atom is -0.285 e. The van der Waals surface area contributed by atoms with E-state index in [1.165, 1.54) is 11.9 Å². The Morgan fingerprint density at radius 2 is 1.40 bits per heavy atom. The maximum Gasteiger partial charge on any atom is 0.232 e. The predicted octanol–water partition coefficient (Wildman–Crippen LogP) is 0.257. The van der Waals surface area contributed by atoms with Gasteiger partial charge in [-0.05, 0) is 0 Å². The van der Waals surface area contributed by atoms with Crippen molar-refractivity contribution in [1.29, 1.82) is 0 Å². The summed E-state index contributed by atoms with van der Waals surface area (Å²) in [7, 11) is 1.53. The largest absolute Gasteiger partial charge is 0.285 e. The van der Waals surface area contributed by atoms with Crippen LogP contribution in [0.5, 0.6) is 0 Å². The summed E-state index contributed by atoms with van der Waals surface area (Å²) in [4.78, 5) is 23.3. The summed E-state index contributed by atoms with van der Waals surface area (Å²) in [6, 6.07) is 0. The molecule has 1 fully saturated rings. The zero-order chi connectivity index (χ0) is 7.89. The van der Waals surface area contributed by atoms with Gasteiger partial charge >= 0.3 is 0 Å². The van der Waals surface area contributed by atoms with E-state index in [-0.39, 0.29) is 23.7 Å². The summed E-state index contributed by atoms with van der Waals surface area (Å²) in [5, 5.41) is 0. The van der Waals surface area contributed by atoms with Crippen LogP contribution in [-0.2, 0) is 9.59 Å². The Labute approximate surface area is 60.0 Å². The molecule has 1 rings (SSSR count). The number of carbonyl (C=O) groups is 2. The van der Waals surface area contributed by atoms with Crippen LogP contribution in [0.1, 0.15) is 13.8 Å². The molecule has 0 aromatic heterocycles. The van der Waals surface area contributed by atoms with Crippen molar-refractivity contribution in [2.24, 2.45) is 11.8 Å². The summed E-state index contributed by atoms with van der Waals surface area (Å²) < 4.78 is 0. The third-order valence-electron chi connectivity index (χ3n) is 2.19. The molecule has 0 saturated carbocycles. The Hall–Kier alpha value is -0.860. The molecule has 2 atom stereocenters. The van der Waals surface area contributed by atoms with E-state index in [4.69, 9.17) is 0 Å². The van der Waals surface area contributed by atoms with Gasteiger partial charge in [0.1, 0.15) is 0 Å². The van der Waals surface area contributed by atoms with Gasteiger partial charge in [0.15, 0.2) is 0 Å². The maximum absolute atomic E-state index is 11.0. The fourth-order valence-corrected chi connectivity index (χ4v) is 1.15. The molecule has 2 amide bonds. The zero-order valence-electron chi connectivity index (χ0n) is 6.42. The molecule has 3 nitrogen and oxygen atoms in total. The van der Waals surface area contributed by atoms with Crippen molar-refractivity contribution in [3.05, 3.63) is 0 Å². The Morgan fingerprint density at radius 3 is 1.50 bits per heavy atom. The van der Waals surface area contributed by atoms with E-state index >= 15 is 0 Å².